The zero-order valence-corrected chi connectivity index (χ0v) is 10.8. The number of rotatable bonds is 6. The van der Waals surface area contributed by atoms with E-state index < -0.39 is 0 Å². The van der Waals surface area contributed by atoms with Crippen LogP contribution in [0.5, 0.6) is 0 Å². The molecule has 0 spiro atoms. The van der Waals surface area contributed by atoms with E-state index >= 15 is 0 Å². The molecule has 0 bridgehead atoms. The second-order valence-electron chi connectivity index (χ2n) is 4.18. The molecule has 0 aliphatic rings. The largest absolute Gasteiger partial charge is 0.370 e. The summed E-state index contributed by atoms with van der Waals surface area (Å²) in [5.74, 6) is 1.21. The van der Waals surface area contributed by atoms with E-state index in [0.717, 1.165) is 18.8 Å². The summed E-state index contributed by atoms with van der Waals surface area (Å²) < 4.78 is 0. The summed E-state index contributed by atoms with van der Waals surface area (Å²) in [6.07, 6.45) is 2.72. The molecule has 0 saturated heterocycles. The third-order valence-corrected chi connectivity index (χ3v) is 2.69. The molecule has 0 fully saturated rings. The van der Waals surface area contributed by atoms with Crippen molar-refractivity contribution in [1.82, 2.24) is 10.3 Å². The maximum atomic E-state index is 11.9. The van der Waals surface area contributed by atoms with Crippen LogP contribution in [-0.2, 0) is 0 Å². The number of nitrogens with zero attached hydrogens (tertiary/aromatic N) is 1. The van der Waals surface area contributed by atoms with Gasteiger partial charge in [0.1, 0.15) is 5.82 Å². The first-order valence-electron chi connectivity index (χ1n) is 6.15. The first kappa shape index (κ1) is 13.5. The van der Waals surface area contributed by atoms with Crippen LogP contribution in [0.3, 0.4) is 0 Å². The number of hydrogen-bond donors (Lipinski definition) is 2. The second-order valence-corrected chi connectivity index (χ2v) is 4.18. The number of aromatic nitrogens is 1. The van der Waals surface area contributed by atoms with Crippen molar-refractivity contribution in [3.05, 3.63) is 23.9 Å². The molecule has 1 amide bonds. The summed E-state index contributed by atoms with van der Waals surface area (Å²) in [7, 11) is 0. The second kappa shape index (κ2) is 6.89. The standard InChI is InChI=1S/C13H21N3O/c1-4-10(3)9-16-13(17)11-6-7-15-12(8-11)14-5-2/h6-8,10H,4-5,9H2,1-3H3,(H,14,15)(H,16,17). The van der Waals surface area contributed by atoms with Gasteiger partial charge >= 0.3 is 0 Å². The highest BCUT2D eigenvalue weighted by Crippen LogP contribution is 2.07. The van der Waals surface area contributed by atoms with Gasteiger partial charge in [0.25, 0.3) is 5.91 Å². The Hall–Kier alpha value is -1.58. The average molecular weight is 235 g/mol. The van der Waals surface area contributed by atoms with E-state index in [1.54, 1.807) is 18.3 Å². The lowest BCUT2D eigenvalue weighted by Crippen LogP contribution is -2.28. The minimum absolute atomic E-state index is 0.0353. The fraction of sp³-hybridized carbons (Fsp3) is 0.538. The van der Waals surface area contributed by atoms with Gasteiger partial charge in [-0.2, -0.15) is 0 Å². The van der Waals surface area contributed by atoms with Gasteiger partial charge in [0, 0.05) is 24.8 Å². The van der Waals surface area contributed by atoms with Gasteiger partial charge < -0.3 is 10.6 Å². The first-order valence-corrected chi connectivity index (χ1v) is 6.15. The normalized spacial score (nSPS) is 11.9. The van der Waals surface area contributed by atoms with Crippen molar-refractivity contribution in [1.29, 1.82) is 0 Å². The van der Waals surface area contributed by atoms with Crippen LogP contribution in [0.2, 0.25) is 0 Å². The third kappa shape index (κ3) is 4.43. The summed E-state index contributed by atoms with van der Waals surface area (Å²) in [5.41, 5.74) is 0.652. The van der Waals surface area contributed by atoms with Crippen LogP contribution in [0.4, 0.5) is 5.82 Å². The molecule has 1 aromatic rings. The Morgan fingerprint density at radius 1 is 1.47 bits per heavy atom. The molecule has 0 saturated carbocycles. The van der Waals surface area contributed by atoms with Crippen LogP contribution in [0.25, 0.3) is 0 Å². The van der Waals surface area contributed by atoms with Gasteiger partial charge in [0.15, 0.2) is 0 Å². The van der Waals surface area contributed by atoms with Crippen LogP contribution in [0.15, 0.2) is 18.3 Å². The van der Waals surface area contributed by atoms with Gasteiger partial charge in [-0.3, -0.25) is 4.79 Å². The lowest BCUT2D eigenvalue weighted by atomic mass is 10.1. The van der Waals surface area contributed by atoms with Crippen molar-refractivity contribution >= 4 is 11.7 Å². The number of anilines is 1. The summed E-state index contributed by atoms with van der Waals surface area (Å²) in [6, 6.07) is 3.50. The summed E-state index contributed by atoms with van der Waals surface area (Å²) in [6.45, 7) is 7.75. The molecule has 17 heavy (non-hydrogen) atoms. The van der Waals surface area contributed by atoms with E-state index in [4.69, 9.17) is 0 Å². The molecule has 0 radical (unpaired) electrons. The zero-order valence-electron chi connectivity index (χ0n) is 10.8. The molecule has 4 heteroatoms. The highest BCUT2D eigenvalue weighted by Gasteiger charge is 2.07. The van der Waals surface area contributed by atoms with Crippen molar-refractivity contribution in [3.8, 4) is 0 Å². The monoisotopic (exact) mass is 235 g/mol. The predicted molar refractivity (Wildman–Crippen MR) is 70.2 cm³/mol. The van der Waals surface area contributed by atoms with Crippen LogP contribution in [0.1, 0.15) is 37.6 Å². The summed E-state index contributed by atoms with van der Waals surface area (Å²) in [4.78, 5) is 16.0. The van der Waals surface area contributed by atoms with Crippen LogP contribution >= 0.6 is 0 Å². The number of nitrogens with one attached hydrogen (secondary N) is 2. The smallest absolute Gasteiger partial charge is 0.251 e. The Morgan fingerprint density at radius 2 is 2.24 bits per heavy atom. The number of pyridine rings is 1. The first-order chi connectivity index (χ1) is 8.17. The van der Waals surface area contributed by atoms with E-state index in [-0.39, 0.29) is 5.91 Å². The van der Waals surface area contributed by atoms with Gasteiger partial charge in [0.05, 0.1) is 0 Å². The number of carbonyl (C=O) groups excluding carboxylic acids is 1. The van der Waals surface area contributed by atoms with Crippen LogP contribution in [0, 0.1) is 5.92 Å². The molecule has 1 rings (SSSR count). The lowest BCUT2D eigenvalue weighted by Gasteiger charge is -2.10. The van der Waals surface area contributed by atoms with E-state index in [1.807, 2.05) is 6.92 Å². The molecular formula is C13H21N3O. The highest BCUT2D eigenvalue weighted by atomic mass is 16.1. The molecular weight excluding hydrogens is 214 g/mol. The summed E-state index contributed by atoms with van der Waals surface area (Å²) >= 11 is 0. The van der Waals surface area contributed by atoms with Gasteiger partial charge in [-0.15, -0.1) is 0 Å². The SMILES string of the molecule is CCNc1cc(C(=O)NCC(C)CC)ccn1. The van der Waals surface area contributed by atoms with E-state index in [9.17, 15) is 4.79 Å². The van der Waals surface area contributed by atoms with Gasteiger partial charge in [-0.05, 0) is 25.0 Å². The highest BCUT2D eigenvalue weighted by molar-refractivity contribution is 5.94. The number of hydrogen-bond acceptors (Lipinski definition) is 3. The molecule has 2 N–H and O–H groups in total. The Bertz CT molecular complexity index is 365. The zero-order chi connectivity index (χ0) is 12.7. The van der Waals surface area contributed by atoms with Crippen LogP contribution in [-0.4, -0.2) is 24.0 Å². The van der Waals surface area contributed by atoms with Crippen molar-refractivity contribution < 1.29 is 4.79 Å². The topological polar surface area (TPSA) is 54.0 Å². The molecule has 0 aliphatic heterocycles. The molecule has 4 nitrogen and oxygen atoms in total. The minimum Gasteiger partial charge on any atom is -0.370 e. The van der Waals surface area contributed by atoms with E-state index in [2.05, 4.69) is 29.5 Å². The Balaban J connectivity index is 2.59. The Kier molecular flexibility index (Phi) is 5.46. The molecule has 0 aromatic carbocycles. The molecule has 1 heterocycles. The maximum Gasteiger partial charge on any atom is 0.251 e. The molecule has 1 atom stereocenters. The predicted octanol–water partition coefficient (Wildman–Crippen LogP) is 2.29. The van der Waals surface area contributed by atoms with Crippen molar-refractivity contribution in [2.75, 3.05) is 18.4 Å². The van der Waals surface area contributed by atoms with Crippen molar-refractivity contribution in [2.45, 2.75) is 27.2 Å². The summed E-state index contributed by atoms with van der Waals surface area (Å²) in [5, 5.41) is 6.01. The van der Waals surface area contributed by atoms with Crippen molar-refractivity contribution in [3.63, 3.8) is 0 Å². The van der Waals surface area contributed by atoms with E-state index in [1.165, 1.54) is 0 Å². The minimum atomic E-state index is -0.0353. The molecule has 0 aliphatic carbocycles. The average Bonchev–Trinajstić information content (AvgIpc) is 2.36. The van der Waals surface area contributed by atoms with Gasteiger partial charge in [-0.25, -0.2) is 4.98 Å². The van der Waals surface area contributed by atoms with E-state index in [0.29, 0.717) is 18.0 Å². The fourth-order valence-electron chi connectivity index (χ4n) is 1.36. The Morgan fingerprint density at radius 3 is 2.88 bits per heavy atom. The Labute approximate surface area is 103 Å². The van der Waals surface area contributed by atoms with Gasteiger partial charge in [0.2, 0.25) is 0 Å². The molecule has 1 aromatic heterocycles. The van der Waals surface area contributed by atoms with Crippen molar-refractivity contribution in [2.24, 2.45) is 5.92 Å². The van der Waals surface area contributed by atoms with Crippen LogP contribution < -0.4 is 10.6 Å². The lowest BCUT2D eigenvalue weighted by molar-refractivity contribution is 0.0948. The number of carbonyl (C=O) groups is 1. The molecule has 94 valence electrons. The van der Waals surface area contributed by atoms with Gasteiger partial charge in [-0.1, -0.05) is 20.3 Å². The third-order valence-electron chi connectivity index (χ3n) is 2.69. The number of amides is 1. The molecule has 1 unspecified atom stereocenters. The maximum absolute atomic E-state index is 11.9. The fourth-order valence-corrected chi connectivity index (χ4v) is 1.36. The quantitative estimate of drug-likeness (QED) is 0.795.